The van der Waals surface area contributed by atoms with Crippen LogP contribution in [0.15, 0.2) is 0 Å². The van der Waals surface area contributed by atoms with Crippen LogP contribution in [0.3, 0.4) is 0 Å². The Morgan fingerprint density at radius 2 is 1.71 bits per heavy atom. The Labute approximate surface area is 132 Å². The molecule has 2 N–H and O–H groups in total. The predicted molar refractivity (Wildman–Crippen MR) is 83.4 cm³/mol. The van der Waals surface area contributed by atoms with E-state index in [1.807, 2.05) is 4.90 Å². The highest BCUT2D eigenvalue weighted by Gasteiger charge is 2.35. The molecule has 3 rings (SSSR count). The molecule has 120 valence electrons. The molecule has 2 saturated heterocycles. The van der Waals surface area contributed by atoms with Gasteiger partial charge in [0, 0.05) is 25.0 Å². The maximum absolute atomic E-state index is 12.1. The van der Waals surface area contributed by atoms with Crippen molar-refractivity contribution in [2.75, 3.05) is 19.6 Å². The van der Waals surface area contributed by atoms with Gasteiger partial charge in [0.1, 0.15) is 0 Å². The van der Waals surface area contributed by atoms with E-state index in [-0.39, 0.29) is 30.4 Å². The number of carbonyl (C=O) groups excluding carboxylic acids is 2. The number of halogens is 1. The van der Waals surface area contributed by atoms with Crippen LogP contribution in [-0.4, -0.2) is 48.4 Å². The van der Waals surface area contributed by atoms with E-state index in [1.165, 1.54) is 6.42 Å². The van der Waals surface area contributed by atoms with Gasteiger partial charge in [-0.3, -0.25) is 9.59 Å². The monoisotopic (exact) mass is 315 g/mol. The Morgan fingerprint density at radius 3 is 2.29 bits per heavy atom. The van der Waals surface area contributed by atoms with Crippen LogP contribution in [-0.2, 0) is 9.59 Å². The van der Waals surface area contributed by atoms with Crippen molar-refractivity contribution in [2.24, 2.45) is 5.92 Å². The number of piperidine rings is 2. The van der Waals surface area contributed by atoms with Crippen molar-refractivity contribution in [3.63, 3.8) is 0 Å². The second-order valence-electron chi connectivity index (χ2n) is 6.38. The van der Waals surface area contributed by atoms with Crippen LogP contribution in [0.1, 0.15) is 44.9 Å². The van der Waals surface area contributed by atoms with Crippen molar-refractivity contribution < 1.29 is 9.59 Å². The van der Waals surface area contributed by atoms with Crippen molar-refractivity contribution in [3.05, 3.63) is 0 Å². The molecule has 5 nitrogen and oxygen atoms in total. The molecule has 3 fully saturated rings. The van der Waals surface area contributed by atoms with Gasteiger partial charge in [0.25, 0.3) is 0 Å². The molecular formula is C15H26ClN3O2. The number of hydrogen-bond acceptors (Lipinski definition) is 3. The topological polar surface area (TPSA) is 61.4 Å². The zero-order valence-corrected chi connectivity index (χ0v) is 13.3. The van der Waals surface area contributed by atoms with E-state index in [1.54, 1.807) is 0 Å². The van der Waals surface area contributed by atoms with Gasteiger partial charge in [0.2, 0.25) is 11.8 Å². The summed E-state index contributed by atoms with van der Waals surface area (Å²) < 4.78 is 0. The van der Waals surface area contributed by atoms with E-state index in [4.69, 9.17) is 0 Å². The molecule has 21 heavy (non-hydrogen) atoms. The maximum Gasteiger partial charge on any atom is 0.237 e. The molecular weight excluding hydrogens is 290 g/mol. The molecule has 0 bridgehead atoms. The quantitative estimate of drug-likeness (QED) is 0.819. The molecule has 1 aliphatic carbocycles. The molecule has 3 aliphatic rings. The zero-order valence-electron chi connectivity index (χ0n) is 12.5. The van der Waals surface area contributed by atoms with Gasteiger partial charge < -0.3 is 15.5 Å². The van der Waals surface area contributed by atoms with Crippen molar-refractivity contribution in [2.45, 2.75) is 57.0 Å². The highest BCUT2D eigenvalue weighted by Crippen LogP contribution is 2.31. The van der Waals surface area contributed by atoms with Gasteiger partial charge in [0.05, 0.1) is 6.04 Å². The second kappa shape index (κ2) is 7.45. The molecule has 2 aliphatic heterocycles. The Bertz CT molecular complexity index is 373. The molecule has 6 heteroatoms. The number of amides is 2. The third-order valence-corrected chi connectivity index (χ3v) is 4.71. The molecule has 0 unspecified atom stereocenters. The first-order chi connectivity index (χ1) is 9.74. The lowest BCUT2D eigenvalue weighted by atomic mass is 10.0. The lowest BCUT2D eigenvalue weighted by Gasteiger charge is -2.33. The Kier molecular flexibility index (Phi) is 5.88. The summed E-state index contributed by atoms with van der Waals surface area (Å²) in [6, 6.07) is 0.240. The van der Waals surface area contributed by atoms with E-state index in [0.29, 0.717) is 11.8 Å². The molecule has 0 aromatic heterocycles. The first-order valence-electron chi connectivity index (χ1n) is 8.06. The van der Waals surface area contributed by atoms with Gasteiger partial charge in [0.15, 0.2) is 0 Å². The van der Waals surface area contributed by atoms with E-state index < -0.39 is 0 Å². The lowest BCUT2D eigenvalue weighted by molar-refractivity contribution is -0.133. The van der Waals surface area contributed by atoms with Gasteiger partial charge in [-0.2, -0.15) is 0 Å². The smallest absolute Gasteiger partial charge is 0.237 e. The number of carbonyl (C=O) groups is 2. The minimum Gasteiger partial charge on any atom is -0.352 e. The minimum absolute atomic E-state index is 0. The summed E-state index contributed by atoms with van der Waals surface area (Å²) >= 11 is 0. The highest BCUT2D eigenvalue weighted by atomic mass is 35.5. The third-order valence-electron chi connectivity index (χ3n) is 4.71. The summed E-state index contributed by atoms with van der Waals surface area (Å²) in [6.45, 7) is 2.56. The van der Waals surface area contributed by atoms with Crippen LogP contribution >= 0.6 is 12.4 Å². The molecule has 2 amide bonds. The van der Waals surface area contributed by atoms with Crippen LogP contribution in [0.2, 0.25) is 0 Å². The summed E-state index contributed by atoms with van der Waals surface area (Å²) in [6.07, 6.45) is 7.20. The maximum atomic E-state index is 12.1. The fourth-order valence-corrected chi connectivity index (χ4v) is 3.21. The number of rotatable bonds is 3. The minimum atomic E-state index is -0.00474. The Hall–Kier alpha value is -0.810. The molecule has 1 atom stereocenters. The molecule has 0 aromatic carbocycles. The summed E-state index contributed by atoms with van der Waals surface area (Å²) in [5.74, 6) is 0.799. The van der Waals surface area contributed by atoms with Crippen molar-refractivity contribution in [3.8, 4) is 0 Å². The first kappa shape index (κ1) is 16.6. The zero-order chi connectivity index (χ0) is 13.9. The standard InChI is InChI=1S/C15H25N3O2.ClH/c19-14(13-3-1-2-8-16-13)17-12-6-9-18(10-7-12)15(20)11-4-5-11;/h11-13,16H,1-10H2,(H,17,19);1H/t13-;/m1./s1. The Balaban J connectivity index is 0.00000161. The van der Waals surface area contributed by atoms with Crippen molar-refractivity contribution in [1.29, 1.82) is 0 Å². The molecule has 0 spiro atoms. The van der Waals surface area contributed by atoms with E-state index in [2.05, 4.69) is 10.6 Å². The van der Waals surface area contributed by atoms with Crippen molar-refractivity contribution >= 4 is 24.2 Å². The van der Waals surface area contributed by atoms with Gasteiger partial charge in [-0.1, -0.05) is 6.42 Å². The van der Waals surface area contributed by atoms with Crippen molar-refractivity contribution in [1.82, 2.24) is 15.5 Å². The third kappa shape index (κ3) is 4.33. The van der Waals surface area contributed by atoms with Gasteiger partial charge in [-0.25, -0.2) is 0 Å². The normalized spacial score (nSPS) is 26.9. The van der Waals surface area contributed by atoms with Crippen LogP contribution in [0.4, 0.5) is 0 Å². The summed E-state index contributed by atoms with van der Waals surface area (Å²) in [5.41, 5.74) is 0. The molecule has 0 aromatic rings. The average molecular weight is 316 g/mol. The molecule has 1 saturated carbocycles. The Morgan fingerprint density at radius 1 is 1.00 bits per heavy atom. The summed E-state index contributed by atoms with van der Waals surface area (Å²) in [5, 5.41) is 6.44. The average Bonchev–Trinajstić information content (AvgIpc) is 3.33. The van der Waals surface area contributed by atoms with Gasteiger partial charge in [-0.05, 0) is 45.1 Å². The second-order valence-corrected chi connectivity index (χ2v) is 6.38. The molecule has 0 radical (unpaired) electrons. The van der Waals surface area contributed by atoms with E-state index in [9.17, 15) is 9.59 Å². The SMILES string of the molecule is Cl.O=C(NC1CCN(C(=O)C2CC2)CC1)[C@H]1CCCCN1. The summed E-state index contributed by atoms with van der Waals surface area (Å²) in [7, 11) is 0. The predicted octanol–water partition coefficient (Wildman–Crippen LogP) is 1.07. The van der Waals surface area contributed by atoms with Gasteiger partial charge >= 0.3 is 0 Å². The lowest BCUT2D eigenvalue weighted by Crippen LogP contribution is -2.52. The fraction of sp³-hybridized carbons (Fsp3) is 0.867. The first-order valence-corrected chi connectivity index (χ1v) is 8.06. The van der Waals surface area contributed by atoms with Gasteiger partial charge in [-0.15, -0.1) is 12.4 Å². The fourth-order valence-electron chi connectivity index (χ4n) is 3.21. The number of nitrogens with one attached hydrogen (secondary N) is 2. The van der Waals surface area contributed by atoms with E-state index >= 15 is 0 Å². The van der Waals surface area contributed by atoms with E-state index in [0.717, 1.165) is 58.2 Å². The van der Waals surface area contributed by atoms with Crippen LogP contribution in [0.5, 0.6) is 0 Å². The number of nitrogens with zero attached hydrogens (tertiary/aromatic N) is 1. The number of hydrogen-bond donors (Lipinski definition) is 2. The van der Waals surface area contributed by atoms with Crippen LogP contribution in [0.25, 0.3) is 0 Å². The van der Waals surface area contributed by atoms with Crippen LogP contribution in [0, 0.1) is 5.92 Å². The largest absolute Gasteiger partial charge is 0.352 e. The van der Waals surface area contributed by atoms with Crippen LogP contribution < -0.4 is 10.6 Å². The molecule has 2 heterocycles. The highest BCUT2D eigenvalue weighted by molar-refractivity contribution is 5.85. The number of likely N-dealkylation sites (tertiary alicyclic amines) is 1. The summed E-state index contributed by atoms with van der Waals surface area (Å²) in [4.78, 5) is 26.1.